The van der Waals surface area contributed by atoms with E-state index in [1.807, 2.05) is 60.1 Å². The Labute approximate surface area is 153 Å². The van der Waals surface area contributed by atoms with E-state index in [-0.39, 0.29) is 5.91 Å². The van der Waals surface area contributed by atoms with Gasteiger partial charge in [-0.2, -0.15) is 0 Å². The van der Waals surface area contributed by atoms with E-state index in [0.717, 1.165) is 34.6 Å². The van der Waals surface area contributed by atoms with Crippen molar-refractivity contribution in [1.29, 1.82) is 0 Å². The van der Waals surface area contributed by atoms with E-state index < -0.39 is 0 Å². The van der Waals surface area contributed by atoms with Gasteiger partial charge in [0.25, 0.3) is 0 Å². The van der Waals surface area contributed by atoms with Gasteiger partial charge in [-0.05, 0) is 37.1 Å². The number of nitrogens with zero attached hydrogens (tertiary/aromatic N) is 2. The Kier molecular flexibility index (Phi) is 5.69. The quantitative estimate of drug-likeness (QED) is 0.661. The van der Waals surface area contributed by atoms with Crippen molar-refractivity contribution in [1.82, 2.24) is 14.7 Å². The van der Waals surface area contributed by atoms with Crippen molar-refractivity contribution < 1.29 is 9.53 Å². The lowest BCUT2D eigenvalue weighted by Gasteiger charge is -2.07. The maximum absolute atomic E-state index is 12.1. The summed E-state index contributed by atoms with van der Waals surface area (Å²) < 4.78 is 7.66. The summed E-state index contributed by atoms with van der Waals surface area (Å²) in [4.78, 5) is 16.6. The number of carbonyl (C=O) groups is 1. The molecule has 26 heavy (non-hydrogen) atoms. The second-order valence-electron chi connectivity index (χ2n) is 6.14. The highest BCUT2D eigenvalue weighted by Gasteiger charge is 2.04. The Morgan fingerprint density at radius 3 is 2.92 bits per heavy atom. The van der Waals surface area contributed by atoms with E-state index in [2.05, 4.69) is 17.2 Å². The molecule has 3 rings (SSSR count). The second kappa shape index (κ2) is 8.34. The van der Waals surface area contributed by atoms with Crippen molar-refractivity contribution in [2.24, 2.45) is 0 Å². The van der Waals surface area contributed by atoms with Gasteiger partial charge in [0.15, 0.2) is 0 Å². The third-order valence-electron chi connectivity index (χ3n) is 3.89. The first-order chi connectivity index (χ1) is 12.7. The molecular formula is C21H23N3O2. The Morgan fingerprint density at radius 2 is 2.08 bits per heavy atom. The van der Waals surface area contributed by atoms with Crippen molar-refractivity contribution in [3.05, 3.63) is 71.7 Å². The first-order valence-corrected chi connectivity index (χ1v) is 8.77. The van der Waals surface area contributed by atoms with Crippen molar-refractivity contribution in [3.8, 4) is 5.75 Å². The minimum absolute atomic E-state index is 0.163. The van der Waals surface area contributed by atoms with Gasteiger partial charge in [0.1, 0.15) is 11.4 Å². The number of hydrogen-bond acceptors (Lipinski definition) is 3. The SMILES string of the molecule is CCCOc1ccccc1/C=C/C(=O)NCc1cn2cc(C)ccc2n1. The zero-order valence-corrected chi connectivity index (χ0v) is 15.1. The van der Waals surface area contributed by atoms with Crippen LogP contribution >= 0.6 is 0 Å². The van der Waals surface area contributed by atoms with Crippen LogP contribution in [0.3, 0.4) is 0 Å². The fraction of sp³-hybridized carbons (Fsp3) is 0.238. The first-order valence-electron chi connectivity index (χ1n) is 8.77. The van der Waals surface area contributed by atoms with Gasteiger partial charge in [0.2, 0.25) is 5.91 Å². The highest BCUT2D eigenvalue weighted by Crippen LogP contribution is 2.19. The van der Waals surface area contributed by atoms with Crippen LogP contribution < -0.4 is 10.1 Å². The molecule has 2 aromatic heterocycles. The standard InChI is InChI=1S/C21H23N3O2/c1-3-12-26-19-7-5-4-6-17(19)9-11-21(25)22-13-18-15-24-14-16(2)8-10-20(24)23-18/h4-11,14-15H,3,12-13H2,1-2H3,(H,22,25)/b11-9+. The number of carbonyl (C=O) groups excluding carboxylic acids is 1. The number of para-hydroxylation sites is 1. The Bertz CT molecular complexity index is 928. The summed E-state index contributed by atoms with van der Waals surface area (Å²) >= 11 is 0. The van der Waals surface area contributed by atoms with Crippen LogP contribution in [0.1, 0.15) is 30.2 Å². The molecule has 0 spiro atoms. The summed E-state index contributed by atoms with van der Waals surface area (Å²) in [6.45, 7) is 5.14. The monoisotopic (exact) mass is 349 g/mol. The normalized spacial score (nSPS) is 11.2. The van der Waals surface area contributed by atoms with E-state index in [1.54, 1.807) is 6.08 Å². The molecule has 0 radical (unpaired) electrons. The maximum atomic E-state index is 12.1. The van der Waals surface area contributed by atoms with Gasteiger partial charge in [-0.1, -0.05) is 31.2 Å². The Balaban J connectivity index is 1.60. The lowest BCUT2D eigenvalue weighted by Crippen LogP contribution is -2.20. The molecule has 0 aliphatic carbocycles. The van der Waals surface area contributed by atoms with Gasteiger partial charge >= 0.3 is 0 Å². The van der Waals surface area contributed by atoms with E-state index >= 15 is 0 Å². The third-order valence-corrected chi connectivity index (χ3v) is 3.89. The third kappa shape index (κ3) is 4.51. The molecular weight excluding hydrogens is 326 g/mol. The lowest BCUT2D eigenvalue weighted by molar-refractivity contribution is -0.116. The number of nitrogens with one attached hydrogen (secondary N) is 1. The number of amides is 1. The van der Waals surface area contributed by atoms with Crippen molar-refractivity contribution in [2.75, 3.05) is 6.61 Å². The molecule has 5 nitrogen and oxygen atoms in total. The van der Waals surface area contributed by atoms with Crippen molar-refractivity contribution in [3.63, 3.8) is 0 Å². The molecule has 0 aliphatic rings. The van der Waals surface area contributed by atoms with Crippen LogP contribution in [0.5, 0.6) is 5.75 Å². The summed E-state index contributed by atoms with van der Waals surface area (Å²) in [6.07, 6.45) is 8.18. The predicted octanol–water partition coefficient (Wildman–Crippen LogP) is 3.76. The summed E-state index contributed by atoms with van der Waals surface area (Å²) in [5, 5.41) is 2.87. The number of rotatable bonds is 7. The number of hydrogen-bond donors (Lipinski definition) is 1. The van der Waals surface area contributed by atoms with E-state index in [0.29, 0.717) is 13.2 Å². The van der Waals surface area contributed by atoms with Crippen LogP contribution in [0.2, 0.25) is 0 Å². The number of imidazole rings is 1. The van der Waals surface area contributed by atoms with Gasteiger partial charge in [-0.3, -0.25) is 4.79 Å². The molecule has 0 saturated heterocycles. The van der Waals surface area contributed by atoms with Gasteiger partial charge in [-0.25, -0.2) is 4.98 Å². The Hall–Kier alpha value is -3.08. The van der Waals surface area contributed by atoms with Crippen molar-refractivity contribution in [2.45, 2.75) is 26.8 Å². The van der Waals surface area contributed by atoms with Crippen LogP contribution in [0, 0.1) is 6.92 Å². The molecule has 0 fully saturated rings. The molecule has 0 atom stereocenters. The zero-order valence-electron chi connectivity index (χ0n) is 15.1. The summed E-state index contributed by atoms with van der Waals surface area (Å²) in [5.41, 5.74) is 3.75. The van der Waals surface area contributed by atoms with E-state index in [9.17, 15) is 4.79 Å². The molecule has 0 bridgehead atoms. The summed E-state index contributed by atoms with van der Waals surface area (Å²) in [5.74, 6) is 0.623. The smallest absolute Gasteiger partial charge is 0.244 e. The Morgan fingerprint density at radius 1 is 1.23 bits per heavy atom. The highest BCUT2D eigenvalue weighted by atomic mass is 16.5. The van der Waals surface area contributed by atoms with Crippen LogP contribution in [0.4, 0.5) is 0 Å². The molecule has 0 saturated carbocycles. The molecule has 1 aromatic carbocycles. The van der Waals surface area contributed by atoms with E-state index in [4.69, 9.17) is 4.74 Å². The first kappa shape index (κ1) is 17.7. The molecule has 3 aromatic rings. The van der Waals surface area contributed by atoms with Gasteiger partial charge < -0.3 is 14.5 Å². The average molecular weight is 349 g/mol. The minimum Gasteiger partial charge on any atom is -0.493 e. The highest BCUT2D eigenvalue weighted by molar-refractivity contribution is 5.92. The molecule has 5 heteroatoms. The maximum Gasteiger partial charge on any atom is 0.244 e. The second-order valence-corrected chi connectivity index (χ2v) is 6.14. The van der Waals surface area contributed by atoms with Crippen LogP contribution in [0.15, 0.2) is 54.9 Å². The number of fused-ring (bicyclic) bond motifs is 1. The molecule has 134 valence electrons. The number of pyridine rings is 1. The van der Waals surface area contributed by atoms with Crippen molar-refractivity contribution >= 4 is 17.6 Å². The fourth-order valence-corrected chi connectivity index (χ4v) is 2.60. The molecule has 0 aliphatic heterocycles. The number of aromatic nitrogens is 2. The lowest BCUT2D eigenvalue weighted by atomic mass is 10.2. The van der Waals surface area contributed by atoms with Gasteiger partial charge in [-0.15, -0.1) is 0 Å². The molecule has 0 unspecified atom stereocenters. The fourth-order valence-electron chi connectivity index (χ4n) is 2.60. The number of aryl methyl sites for hydroxylation is 1. The zero-order chi connectivity index (χ0) is 18.4. The van der Waals surface area contributed by atoms with Crippen LogP contribution in [0.25, 0.3) is 11.7 Å². The molecule has 1 N–H and O–H groups in total. The topological polar surface area (TPSA) is 55.6 Å². The summed E-state index contributed by atoms with van der Waals surface area (Å²) in [7, 11) is 0. The van der Waals surface area contributed by atoms with Gasteiger partial charge in [0.05, 0.1) is 18.8 Å². The van der Waals surface area contributed by atoms with Crippen LogP contribution in [-0.2, 0) is 11.3 Å². The number of ether oxygens (including phenoxy) is 1. The van der Waals surface area contributed by atoms with Gasteiger partial charge in [0, 0.05) is 24.0 Å². The predicted molar refractivity (Wildman–Crippen MR) is 103 cm³/mol. The van der Waals surface area contributed by atoms with E-state index in [1.165, 1.54) is 6.08 Å². The molecule has 1 amide bonds. The van der Waals surface area contributed by atoms with Crippen LogP contribution in [-0.4, -0.2) is 21.9 Å². The largest absolute Gasteiger partial charge is 0.493 e. The average Bonchev–Trinajstić information content (AvgIpc) is 3.05. The summed E-state index contributed by atoms with van der Waals surface area (Å²) in [6, 6.07) is 11.7. The molecule has 2 heterocycles. The number of benzene rings is 1. The minimum atomic E-state index is -0.163.